The number of hydrogen-bond donors (Lipinski definition) is 1. The maximum atomic E-state index is 3.87. The highest BCUT2D eigenvalue weighted by atomic mass is 28.4. The second-order valence-corrected chi connectivity index (χ2v) is 15.3. The summed E-state index contributed by atoms with van der Waals surface area (Å²) in [6, 6.07) is 0. The highest BCUT2D eigenvalue weighted by molar-refractivity contribution is 6.91. The summed E-state index contributed by atoms with van der Waals surface area (Å²) >= 11 is 0. The molecule has 0 aromatic carbocycles. The maximum Gasteiger partial charge on any atom is 0.115 e. The van der Waals surface area contributed by atoms with Gasteiger partial charge in [-0.15, -0.1) is 0 Å². The Hall–Kier alpha value is 0.394. The highest BCUT2D eigenvalue weighted by Gasteiger charge is 2.30. The van der Waals surface area contributed by atoms with Crippen molar-refractivity contribution in [3.8, 4) is 0 Å². The standard InChI is InChI=1S/C8H23NSi2/c1-8(2)11(6,7)9-10(3,4)5/h8-9H,1-7H3. The van der Waals surface area contributed by atoms with E-state index in [1.165, 1.54) is 0 Å². The second kappa shape index (κ2) is 3.41. The molecule has 68 valence electrons. The summed E-state index contributed by atoms with van der Waals surface area (Å²) in [7, 11) is -2.15. The van der Waals surface area contributed by atoms with E-state index in [9.17, 15) is 0 Å². The third-order valence-corrected chi connectivity index (χ3v) is 10.6. The molecule has 0 atom stereocenters. The van der Waals surface area contributed by atoms with Crippen LogP contribution in [0.5, 0.6) is 0 Å². The van der Waals surface area contributed by atoms with Crippen molar-refractivity contribution in [1.29, 1.82) is 0 Å². The van der Waals surface area contributed by atoms with Gasteiger partial charge in [0.05, 0.1) is 0 Å². The molecule has 0 radical (unpaired) electrons. The van der Waals surface area contributed by atoms with Crippen LogP contribution in [0, 0.1) is 0 Å². The van der Waals surface area contributed by atoms with E-state index in [1.54, 1.807) is 0 Å². The maximum absolute atomic E-state index is 3.87. The first-order valence-corrected chi connectivity index (χ1v) is 11.0. The molecule has 0 unspecified atom stereocenters. The third kappa shape index (κ3) is 4.77. The monoisotopic (exact) mass is 189 g/mol. The van der Waals surface area contributed by atoms with Crippen LogP contribution in [0.3, 0.4) is 0 Å². The van der Waals surface area contributed by atoms with Gasteiger partial charge in [0.25, 0.3) is 0 Å². The molecule has 0 spiro atoms. The first-order chi connectivity index (χ1) is 4.65. The molecule has 0 saturated heterocycles. The van der Waals surface area contributed by atoms with E-state index in [4.69, 9.17) is 0 Å². The van der Waals surface area contributed by atoms with E-state index in [0.717, 1.165) is 5.54 Å². The molecule has 3 heteroatoms. The van der Waals surface area contributed by atoms with Crippen LogP contribution in [0.25, 0.3) is 0 Å². The van der Waals surface area contributed by atoms with Crippen molar-refractivity contribution in [3.05, 3.63) is 0 Å². The summed E-state index contributed by atoms with van der Waals surface area (Å²) in [5, 5.41) is 0. The highest BCUT2D eigenvalue weighted by Crippen LogP contribution is 2.18. The van der Waals surface area contributed by atoms with Gasteiger partial charge in [0.1, 0.15) is 16.5 Å². The molecular formula is C8H23NSi2. The van der Waals surface area contributed by atoms with Crippen molar-refractivity contribution in [1.82, 2.24) is 4.65 Å². The van der Waals surface area contributed by atoms with Crippen molar-refractivity contribution in [2.24, 2.45) is 0 Å². The van der Waals surface area contributed by atoms with Crippen LogP contribution in [0.1, 0.15) is 13.8 Å². The second-order valence-electron chi connectivity index (χ2n) is 5.25. The van der Waals surface area contributed by atoms with Gasteiger partial charge < -0.3 is 4.65 Å². The van der Waals surface area contributed by atoms with Gasteiger partial charge in [0.15, 0.2) is 0 Å². The van der Waals surface area contributed by atoms with Crippen molar-refractivity contribution in [2.45, 2.75) is 52.1 Å². The minimum absolute atomic E-state index is 0.842. The van der Waals surface area contributed by atoms with Gasteiger partial charge in [-0.3, -0.25) is 0 Å². The molecule has 0 amide bonds. The fourth-order valence-electron chi connectivity index (χ4n) is 1.11. The zero-order chi connectivity index (χ0) is 9.28. The molecule has 0 fully saturated rings. The van der Waals surface area contributed by atoms with Crippen LogP contribution >= 0.6 is 0 Å². The van der Waals surface area contributed by atoms with E-state index in [1.807, 2.05) is 0 Å². The predicted molar refractivity (Wildman–Crippen MR) is 59.1 cm³/mol. The average molecular weight is 189 g/mol. The van der Waals surface area contributed by atoms with Crippen molar-refractivity contribution >= 4 is 16.5 Å². The number of hydrogen-bond acceptors (Lipinski definition) is 1. The van der Waals surface area contributed by atoms with Crippen molar-refractivity contribution in [2.75, 3.05) is 0 Å². The van der Waals surface area contributed by atoms with Crippen LogP contribution in [-0.4, -0.2) is 16.5 Å². The van der Waals surface area contributed by atoms with Gasteiger partial charge in [-0.2, -0.15) is 0 Å². The molecule has 0 saturated carbocycles. The molecule has 0 aromatic rings. The Bertz CT molecular complexity index is 125. The molecule has 0 heterocycles. The predicted octanol–water partition coefficient (Wildman–Crippen LogP) is 3.03. The van der Waals surface area contributed by atoms with Gasteiger partial charge in [-0.25, -0.2) is 0 Å². The molecule has 0 aliphatic carbocycles. The summed E-state index contributed by atoms with van der Waals surface area (Å²) < 4.78 is 3.87. The number of nitrogens with one attached hydrogen (secondary N) is 1. The summed E-state index contributed by atoms with van der Waals surface area (Å²) in [6.45, 7) is 16.7. The average Bonchev–Trinajstić information content (AvgIpc) is 1.56. The lowest BCUT2D eigenvalue weighted by Crippen LogP contribution is -2.58. The fraction of sp³-hybridized carbons (Fsp3) is 1.00. The van der Waals surface area contributed by atoms with E-state index >= 15 is 0 Å². The summed E-state index contributed by atoms with van der Waals surface area (Å²) in [5.41, 5.74) is 0.842. The van der Waals surface area contributed by atoms with Crippen molar-refractivity contribution < 1.29 is 0 Å². The van der Waals surface area contributed by atoms with Crippen LogP contribution in [0.15, 0.2) is 0 Å². The number of rotatable bonds is 3. The molecule has 0 rings (SSSR count). The lowest BCUT2D eigenvalue weighted by Gasteiger charge is -2.35. The fourth-order valence-corrected chi connectivity index (χ4v) is 10.00. The minimum Gasteiger partial charge on any atom is -0.359 e. The Morgan fingerprint density at radius 3 is 1.36 bits per heavy atom. The van der Waals surface area contributed by atoms with Crippen LogP contribution in [0.4, 0.5) is 0 Å². The van der Waals surface area contributed by atoms with Crippen LogP contribution < -0.4 is 4.65 Å². The molecular weight excluding hydrogens is 166 g/mol. The zero-order valence-electron chi connectivity index (χ0n) is 9.08. The SMILES string of the molecule is CC(C)[Si](C)(C)N[Si](C)(C)C. The van der Waals surface area contributed by atoms with Gasteiger partial charge >= 0.3 is 0 Å². The third-order valence-electron chi connectivity index (χ3n) is 2.14. The quantitative estimate of drug-likeness (QED) is 0.673. The Balaban J connectivity index is 4.13. The molecule has 0 aliphatic heterocycles. The smallest absolute Gasteiger partial charge is 0.115 e. The van der Waals surface area contributed by atoms with Gasteiger partial charge in [-0.1, -0.05) is 46.6 Å². The lowest BCUT2D eigenvalue weighted by atomic mass is 10.6. The Labute approximate surface area is 73.8 Å². The van der Waals surface area contributed by atoms with E-state index in [0.29, 0.717) is 0 Å². The minimum atomic E-state index is -1.10. The normalized spacial score (nSPS) is 14.2. The molecule has 0 aromatic heterocycles. The molecule has 0 bridgehead atoms. The first kappa shape index (κ1) is 11.4. The molecule has 11 heavy (non-hydrogen) atoms. The lowest BCUT2D eigenvalue weighted by molar-refractivity contribution is 0.977. The Morgan fingerprint density at radius 2 is 1.27 bits per heavy atom. The van der Waals surface area contributed by atoms with Gasteiger partial charge in [0.2, 0.25) is 0 Å². The zero-order valence-corrected chi connectivity index (χ0v) is 11.1. The topological polar surface area (TPSA) is 12.0 Å². The first-order valence-electron chi connectivity index (χ1n) is 4.44. The largest absolute Gasteiger partial charge is 0.359 e. The Morgan fingerprint density at radius 1 is 0.909 bits per heavy atom. The van der Waals surface area contributed by atoms with Crippen LogP contribution in [-0.2, 0) is 0 Å². The summed E-state index contributed by atoms with van der Waals surface area (Å²) in [4.78, 5) is 0. The molecule has 0 aliphatic rings. The Kier molecular flexibility index (Phi) is 3.53. The molecule has 1 nitrogen and oxygen atoms in total. The van der Waals surface area contributed by atoms with E-state index in [2.05, 4.69) is 51.2 Å². The summed E-state index contributed by atoms with van der Waals surface area (Å²) in [5.74, 6) is 0. The van der Waals surface area contributed by atoms with Gasteiger partial charge in [-0.05, 0) is 5.54 Å². The molecule has 1 N–H and O–H groups in total. The van der Waals surface area contributed by atoms with Crippen molar-refractivity contribution in [3.63, 3.8) is 0 Å². The summed E-state index contributed by atoms with van der Waals surface area (Å²) in [6.07, 6.45) is 0. The van der Waals surface area contributed by atoms with E-state index < -0.39 is 16.5 Å². The van der Waals surface area contributed by atoms with Gasteiger partial charge in [0, 0.05) is 0 Å². The van der Waals surface area contributed by atoms with Crippen LogP contribution in [0.2, 0.25) is 38.3 Å². The van der Waals surface area contributed by atoms with E-state index in [-0.39, 0.29) is 0 Å².